The SMILES string of the molecule is CCCC(C(=O)c1ccc(C)cc1)C(C)(C)C. The summed E-state index contributed by atoms with van der Waals surface area (Å²) in [6.07, 6.45) is 2.02. The van der Waals surface area contributed by atoms with Gasteiger partial charge in [0.1, 0.15) is 0 Å². The van der Waals surface area contributed by atoms with Crippen LogP contribution in [0, 0.1) is 18.3 Å². The van der Waals surface area contributed by atoms with Crippen molar-refractivity contribution in [2.75, 3.05) is 0 Å². The lowest BCUT2D eigenvalue weighted by Crippen LogP contribution is -2.28. The molecule has 1 aromatic carbocycles. The minimum Gasteiger partial charge on any atom is -0.294 e. The third kappa shape index (κ3) is 3.69. The normalized spacial score (nSPS) is 13.5. The molecule has 0 radical (unpaired) electrons. The fourth-order valence-electron chi connectivity index (χ4n) is 2.17. The van der Waals surface area contributed by atoms with E-state index in [9.17, 15) is 4.79 Å². The number of benzene rings is 1. The predicted octanol–water partition coefficient (Wildman–Crippen LogP) is 4.64. The molecule has 1 atom stereocenters. The average Bonchev–Trinajstić information content (AvgIpc) is 2.24. The lowest BCUT2D eigenvalue weighted by Gasteiger charge is -2.29. The molecule has 1 nitrogen and oxygen atoms in total. The first kappa shape index (κ1) is 14.0. The largest absolute Gasteiger partial charge is 0.294 e. The molecule has 1 rings (SSSR count). The Kier molecular flexibility index (Phi) is 4.50. The lowest BCUT2D eigenvalue weighted by molar-refractivity contribution is 0.0802. The molecule has 0 N–H and O–H groups in total. The van der Waals surface area contributed by atoms with Gasteiger partial charge in [-0.05, 0) is 18.8 Å². The van der Waals surface area contributed by atoms with E-state index >= 15 is 0 Å². The first-order chi connectivity index (χ1) is 7.86. The summed E-state index contributed by atoms with van der Waals surface area (Å²) in [5.74, 6) is 0.412. The van der Waals surface area contributed by atoms with Crippen molar-refractivity contribution in [1.29, 1.82) is 0 Å². The first-order valence-corrected chi connectivity index (χ1v) is 6.47. The van der Waals surface area contributed by atoms with Crippen molar-refractivity contribution in [3.63, 3.8) is 0 Å². The first-order valence-electron chi connectivity index (χ1n) is 6.47. The van der Waals surface area contributed by atoms with Gasteiger partial charge in [0.25, 0.3) is 0 Å². The van der Waals surface area contributed by atoms with Gasteiger partial charge >= 0.3 is 0 Å². The molecule has 0 aliphatic rings. The molecule has 1 heteroatoms. The maximum atomic E-state index is 12.5. The number of aryl methyl sites for hydroxylation is 1. The molecular weight excluding hydrogens is 208 g/mol. The van der Waals surface area contributed by atoms with E-state index in [1.165, 1.54) is 5.56 Å². The van der Waals surface area contributed by atoms with E-state index in [4.69, 9.17) is 0 Å². The summed E-state index contributed by atoms with van der Waals surface area (Å²) in [6, 6.07) is 7.93. The van der Waals surface area contributed by atoms with Crippen LogP contribution in [-0.4, -0.2) is 5.78 Å². The van der Waals surface area contributed by atoms with Crippen LogP contribution < -0.4 is 0 Å². The van der Waals surface area contributed by atoms with Crippen molar-refractivity contribution < 1.29 is 4.79 Å². The molecule has 0 aliphatic carbocycles. The molecule has 17 heavy (non-hydrogen) atoms. The van der Waals surface area contributed by atoms with Crippen LogP contribution in [0.15, 0.2) is 24.3 Å². The van der Waals surface area contributed by atoms with Crippen LogP contribution in [0.2, 0.25) is 0 Å². The van der Waals surface area contributed by atoms with Gasteiger partial charge in [-0.3, -0.25) is 4.79 Å². The maximum absolute atomic E-state index is 12.5. The molecule has 1 aromatic rings. The molecule has 0 saturated carbocycles. The van der Waals surface area contributed by atoms with Gasteiger partial charge in [0.15, 0.2) is 5.78 Å². The van der Waals surface area contributed by atoms with Crippen LogP contribution in [0.1, 0.15) is 56.5 Å². The Hall–Kier alpha value is -1.11. The lowest BCUT2D eigenvalue weighted by atomic mass is 9.74. The summed E-state index contributed by atoms with van der Waals surface area (Å²) in [5, 5.41) is 0. The molecule has 0 amide bonds. The summed E-state index contributed by atoms with van der Waals surface area (Å²) in [7, 11) is 0. The van der Waals surface area contributed by atoms with E-state index in [2.05, 4.69) is 27.7 Å². The number of hydrogen-bond acceptors (Lipinski definition) is 1. The quantitative estimate of drug-likeness (QED) is 0.691. The zero-order valence-electron chi connectivity index (χ0n) is 11.7. The van der Waals surface area contributed by atoms with Gasteiger partial charge in [-0.25, -0.2) is 0 Å². The van der Waals surface area contributed by atoms with Crippen molar-refractivity contribution in [2.45, 2.75) is 47.5 Å². The standard InChI is InChI=1S/C16H24O/c1-6-7-14(16(3,4)5)15(17)13-10-8-12(2)9-11-13/h8-11,14H,6-7H2,1-5H3. The van der Waals surface area contributed by atoms with E-state index in [1.54, 1.807) is 0 Å². The van der Waals surface area contributed by atoms with Crippen LogP contribution in [0.3, 0.4) is 0 Å². The second-order valence-corrected chi connectivity index (χ2v) is 5.94. The van der Waals surface area contributed by atoms with Gasteiger partial charge in [0.2, 0.25) is 0 Å². The van der Waals surface area contributed by atoms with Gasteiger partial charge in [0, 0.05) is 11.5 Å². The highest BCUT2D eigenvalue weighted by atomic mass is 16.1. The van der Waals surface area contributed by atoms with Crippen LogP contribution in [0.5, 0.6) is 0 Å². The van der Waals surface area contributed by atoms with Crippen LogP contribution >= 0.6 is 0 Å². The van der Waals surface area contributed by atoms with E-state index in [-0.39, 0.29) is 11.3 Å². The van der Waals surface area contributed by atoms with Gasteiger partial charge in [-0.2, -0.15) is 0 Å². The van der Waals surface area contributed by atoms with Crippen LogP contribution in [0.4, 0.5) is 0 Å². The average molecular weight is 232 g/mol. The third-order valence-corrected chi connectivity index (χ3v) is 3.28. The minimum absolute atomic E-state index is 0.0397. The highest BCUT2D eigenvalue weighted by Crippen LogP contribution is 2.32. The Morgan fingerprint density at radius 3 is 2.12 bits per heavy atom. The highest BCUT2D eigenvalue weighted by molar-refractivity contribution is 5.98. The Morgan fingerprint density at radius 2 is 1.71 bits per heavy atom. The molecule has 0 spiro atoms. The van der Waals surface area contributed by atoms with Gasteiger partial charge in [-0.15, -0.1) is 0 Å². The monoisotopic (exact) mass is 232 g/mol. The van der Waals surface area contributed by atoms with E-state index < -0.39 is 0 Å². The number of Topliss-reactive ketones (excluding diaryl/α,β-unsaturated/α-hetero) is 1. The summed E-state index contributed by atoms with van der Waals surface area (Å²) in [4.78, 5) is 12.5. The zero-order chi connectivity index (χ0) is 13.1. The fraction of sp³-hybridized carbons (Fsp3) is 0.562. The topological polar surface area (TPSA) is 17.1 Å². The van der Waals surface area contributed by atoms with Crippen LogP contribution in [-0.2, 0) is 0 Å². The summed E-state index contributed by atoms with van der Waals surface area (Å²) in [6.45, 7) is 10.6. The smallest absolute Gasteiger partial charge is 0.166 e. The fourth-order valence-corrected chi connectivity index (χ4v) is 2.17. The predicted molar refractivity (Wildman–Crippen MR) is 73.4 cm³/mol. The molecule has 0 saturated heterocycles. The van der Waals surface area contributed by atoms with Gasteiger partial charge < -0.3 is 0 Å². The Labute approximate surface area is 105 Å². The molecule has 0 fully saturated rings. The van der Waals surface area contributed by atoms with E-state index in [0.29, 0.717) is 5.78 Å². The summed E-state index contributed by atoms with van der Waals surface area (Å²) in [5.41, 5.74) is 2.09. The molecule has 0 aliphatic heterocycles. The molecular formula is C16H24O. The van der Waals surface area contributed by atoms with Gasteiger partial charge in [0.05, 0.1) is 0 Å². The van der Waals surface area contributed by atoms with Crippen molar-refractivity contribution in [3.8, 4) is 0 Å². The zero-order valence-corrected chi connectivity index (χ0v) is 11.7. The summed E-state index contributed by atoms with van der Waals surface area (Å²) >= 11 is 0. The number of hydrogen-bond donors (Lipinski definition) is 0. The second kappa shape index (κ2) is 5.48. The van der Waals surface area contributed by atoms with E-state index in [1.807, 2.05) is 31.2 Å². The molecule has 0 aromatic heterocycles. The highest BCUT2D eigenvalue weighted by Gasteiger charge is 2.30. The molecule has 1 unspecified atom stereocenters. The number of carbonyl (C=O) groups excluding carboxylic acids is 1. The Bertz CT molecular complexity index is 368. The number of rotatable bonds is 4. The number of carbonyl (C=O) groups is 1. The Morgan fingerprint density at radius 1 is 1.18 bits per heavy atom. The molecule has 0 bridgehead atoms. The van der Waals surface area contributed by atoms with Crippen molar-refractivity contribution in [2.24, 2.45) is 11.3 Å². The van der Waals surface area contributed by atoms with Crippen molar-refractivity contribution in [3.05, 3.63) is 35.4 Å². The second-order valence-electron chi connectivity index (χ2n) is 5.94. The molecule has 0 heterocycles. The molecule has 94 valence electrons. The minimum atomic E-state index is 0.0397. The summed E-state index contributed by atoms with van der Waals surface area (Å²) < 4.78 is 0. The van der Waals surface area contributed by atoms with Gasteiger partial charge in [-0.1, -0.05) is 63.9 Å². The van der Waals surface area contributed by atoms with E-state index in [0.717, 1.165) is 18.4 Å². The van der Waals surface area contributed by atoms with Crippen molar-refractivity contribution >= 4 is 5.78 Å². The van der Waals surface area contributed by atoms with Crippen LogP contribution in [0.25, 0.3) is 0 Å². The third-order valence-electron chi connectivity index (χ3n) is 3.28. The van der Waals surface area contributed by atoms with Crippen molar-refractivity contribution in [1.82, 2.24) is 0 Å². The maximum Gasteiger partial charge on any atom is 0.166 e. The number of ketones is 1. The Balaban J connectivity index is 2.96.